The molecule has 0 spiro atoms. The number of nitrogens with zero attached hydrogens (tertiary/aromatic N) is 2. The molecule has 2 N–H and O–H groups in total. The predicted molar refractivity (Wildman–Crippen MR) is 54.2 cm³/mol. The van der Waals surface area contributed by atoms with E-state index in [1.54, 1.807) is 30.8 Å². The molecule has 0 aliphatic rings. The first-order valence-corrected chi connectivity index (χ1v) is 4.69. The standard InChI is InChI=1S/C9H14N4O2/c1-3-10-9(15)12-8(14)6-13-5-4-11-7(13)2/h4-5H,3,6H2,1-2H3,(H2,10,12,14,15). The molecule has 0 radical (unpaired) electrons. The minimum Gasteiger partial charge on any atom is -0.338 e. The molecule has 0 aliphatic carbocycles. The fraction of sp³-hybridized carbons (Fsp3) is 0.444. The molecule has 0 atom stereocenters. The van der Waals surface area contributed by atoms with Gasteiger partial charge in [-0.1, -0.05) is 0 Å². The molecule has 1 aromatic rings. The second-order valence-corrected chi connectivity index (χ2v) is 3.01. The van der Waals surface area contributed by atoms with E-state index in [9.17, 15) is 9.59 Å². The van der Waals surface area contributed by atoms with Crippen molar-refractivity contribution < 1.29 is 9.59 Å². The van der Waals surface area contributed by atoms with Crippen LogP contribution in [-0.4, -0.2) is 28.0 Å². The molecule has 0 unspecified atom stereocenters. The number of amides is 3. The summed E-state index contributed by atoms with van der Waals surface area (Å²) >= 11 is 0. The summed E-state index contributed by atoms with van der Waals surface area (Å²) in [6, 6.07) is -0.472. The fourth-order valence-corrected chi connectivity index (χ4v) is 1.10. The highest BCUT2D eigenvalue weighted by Crippen LogP contribution is 1.93. The molecule has 0 saturated heterocycles. The first kappa shape index (κ1) is 11.2. The SMILES string of the molecule is CCNC(=O)NC(=O)Cn1ccnc1C. The van der Waals surface area contributed by atoms with Gasteiger partial charge < -0.3 is 9.88 Å². The number of urea groups is 1. The molecule has 0 aromatic carbocycles. The number of nitrogens with one attached hydrogen (secondary N) is 2. The van der Waals surface area contributed by atoms with Crippen LogP contribution in [0.1, 0.15) is 12.7 Å². The summed E-state index contributed by atoms with van der Waals surface area (Å²) < 4.78 is 1.66. The van der Waals surface area contributed by atoms with E-state index in [-0.39, 0.29) is 12.5 Å². The molecular weight excluding hydrogens is 196 g/mol. The van der Waals surface area contributed by atoms with Gasteiger partial charge in [-0.2, -0.15) is 0 Å². The fourth-order valence-electron chi connectivity index (χ4n) is 1.10. The van der Waals surface area contributed by atoms with E-state index in [2.05, 4.69) is 15.6 Å². The molecule has 1 aromatic heterocycles. The van der Waals surface area contributed by atoms with Gasteiger partial charge in [-0.05, 0) is 13.8 Å². The average Bonchev–Trinajstić information content (AvgIpc) is 2.52. The minimum atomic E-state index is -0.472. The van der Waals surface area contributed by atoms with Crippen molar-refractivity contribution in [3.63, 3.8) is 0 Å². The van der Waals surface area contributed by atoms with E-state index in [0.29, 0.717) is 6.54 Å². The molecule has 15 heavy (non-hydrogen) atoms. The monoisotopic (exact) mass is 210 g/mol. The summed E-state index contributed by atoms with van der Waals surface area (Å²) in [7, 11) is 0. The maximum atomic E-state index is 11.3. The van der Waals surface area contributed by atoms with Crippen LogP contribution in [0.5, 0.6) is 0 Å². The van der Waals surface area contributed by atoms with Crippen LogP contribution in [0, 0.1) is 6.92 Å². The Kier molecular flexibility index (Phi) is 3.84. The number of hydrogen-bond donors (Lipinski definition) is 2. The van der Waals surface area contributed by atoms with Gasteiger partial charge in [0.25, 0.3) is 0 Å². The highest BCUT2D eigenvalue weighted by molar-refractivity contribution is 5.94. The summed E-state index contributed by atoms with van der Waals surface area (Å²) in [5.74, 6) is 0.378. The number of imide groups is 1. The third-order valence-electron chi connectivity index (χ3n) is 1.83. The van der Waals surface area contributed by atoms with E-state index >= 15 is 0 Å². The van der Waals surface area contributed by atoms with Gasteiger partial charge >= 0.3 is 6.03 Å². The largest absolute Gasteiger partial charge is 0.338 e. The number of carbonyl (C=O) groups excluding carboxylic acids is 2. The van der Waals surface area contributed by atoms with Gasteiger partial charge in [-0.3, -0.25) is 10.1 Å². The van der Waals surface area contributed by atoms with Crippen molar-refractivity contribution >= 4 is 11.9 Å². The van der Waals surface area contributed by atoms with E-state index < -0.39 is 6.03 Å². The Balaban J connectivity index is 2.43. The minimum absolute atomic E-state index is 0.100. The lowest BCUT2D eigenvalue weighted by atomic mass is 10.5. The maximum Gasteiger partial charge on any atom is 0.321 e. The Hall–Kier alpha value is -1.85. The highest BCUT2D eigenvalue weighted by atomic mass is 16.2. The van der Waals surface area contributed by atoms with Crippen molar-refractivity contribution in [3.8, 4) is 0 Å². The number of carbonyl (C=O) groups is 2. The van der Waals surface area contributed by atoms with Crippen LogP contribution < -0.4 is 10.6 Å². The zero-order valence-electron chi connectivity index (χ0n) is 8.78. The summed E-state index contributed by atoms with van der Waals surface area (Å²) in [5.41, 5.74) is 0. The summed E-state index contributed by atoms with van der Waals surface area (Å²) in [6.45, 7) is 4.16. The topological polar surface area (TPSA) is 76.0 Å². The van der Waals surface area contributed by atoms with Crippen LogP contribution in [0.2, 0.25) is 0 Å². The van der Waals surface area contributed by atoms with Gasteiger partial charge in [0.15, 0.2) is 0 Å². The molecule has 3 amide bonds. The number of rotatable bonds is 3. The zero-order chi connectivity index (χ0) is 11.3. The molecule has 1 rings (SSSR count). The molecule has 0 aliphatic heterocycles. The van der Waals surface area contributed by atoms with Crippen LogP contribution in [0.4, 0.5) is 4.79 Å². The smallest absolute Gasteiger partial charge is 0.321 e. The van der Waals surface area contributed by atoms with Gasteiger partial charge in [0.05, 0.1) is 0 Å². The Bertz CT molecular complexity index is 359. The van der Waals surface area contributed by atoms with E-state index in [0.717, 1.165) is 5.82 Å². The number of hydrogen-bond acceptors (Lipinski definition) is 3. The Labute approximate surface area is 87.7 Å². The number of aromatic nitrogens is 2. The van der Waals surface area contributed by atoms with E-state index in [1.807, 2.05) is 0 Å². The van der Waals surface area contributed by atoms with Gasteiger partial charge in [-0.25, -0.2) is 9.78 Å². The van der Waals surface area contributed by atoms with Crippen molar-refractivity contribution in [1.82, 2.24) is 20.2 Å². The molecule has 0 fully saturated rings. The second-order valence-electron chi connectivity index (χ2n) is 3.01. The van der Waals surface area contributed by atoms with Crippen LogP contribution in [-0.2, 0) is 11.3 Å². The van der Waals surface area contributed by atoms with Crippen molar-refractivity contribution in [2.75, 3.05) is 6.54 Å². The summed E-state index contributed by atoms with van der Waals surface area (Å²) in [5, 5.41) is 4.68. The van der Waals surface area contributed by atoms with Crippen molar-refractivity contribution in [2.24, 2.45) is 0 Å². The molecule has 0 saturated carbocycles. The van der Waals surface area contributed by atoms with Crippen molar-refractivity contribution in [1.29, 1.82) is 0 Å². The van der Waals surface area contributed by atoms with Gasteiger partial charge in [0.1, 0.15) is 12.4 Å². The Morgan fingerprint density at radius 2 is 2.27 bits per heavy atom. The lowest BCUT2D eigenvalue weighted by molar-refractivity contribution is -0.120. The van der Waals surface area contributed by atoms with Gasteiger partial charge in [0, 0.05) is 18.9 Å². The van der Waals surface area contributed by atoms with Crippen LogP contribution in [0.3, 0.4) is 0 Å². The number of aryl methyl sites for hydroxylation is 1. The maximum absolute atomic E-state index is 11.3. The third-order valence-corrected chi connectivity index (χ3v) is 1.83. The first-order valence-electron chi connectivity index (χ1n) is 4.69. The zero-order valence-corrected chi connectivity index (χ0v) is 8.78. The molecular formula is C9H14N4O2. The number of imidazole rings is 1. The van der Waals surface area contributed by atoms with Crippen molar-refractivity contribution in [2.45, 2.75) is 20.4 Å². The summed E-state index contributed by atoms with van der Waals surface area (Å²) in [6.07, 6.45) is 3.29. The normalized spacial score (nSPS) is 9.73. The Morgan fingerprint density at radius 1 is 1.53 bits per heavy atom. The third kappa shape index (κ3) is 3.41. The highest BCUT2D eigenvalue weighted by Gasteiger charge is 2.07. The summed E-state index contributed by atoms with van der Waals surface area (Å²) in [4.78, 5) is 26.3. The Morgan fingerprint density at radius 3 is 2.80 bits per heavy atom. The molecule has 0 bridgehead atoms. The second kappa shape index (κ2) is 5.14. The van der Waals surface area contributed by atoms with Crippen LogP contribution in [0.25, 0.3) is 0 Å². The quantitative estimate of drug-likeness (QED) is 0.739. The predicted octanol–water partition coefficient (Wildman–Crippen LogP) is 0.0372. The van der Waals surface area contributed by atoms with Crippen molar-refractivity contribution in [3.05, 3.63) is 18.2 Å². The molecule has 6 heteroatoms. The van der Waals surface area contributed by atoms with Crippen LogP contribution >= 0.6 is 0 Å². The van der Waals surface area contributed by atoms with Gasteiger partial charge in [-0.15, -0.1) is 0 Å². The van der Waals surface area contributed by atoms with E-state index in [4.69, 9.17) is 0 Å². The van der Waals surface area contributed by atoms with E-state index in [1.165, 1.54) is 0 Å². The van der Waals surface area contributed by atoms with Crippen LogP contribution in [0.15, 0.2) is 12.4 Å². The lowest BCUT2D eigenvalue weighted by Crippen LogP contribution is -2.40. The molecule has 82 valence electrons. The van der Waals surface area contributed by atoms with Gasteiger partial charge in [0.2, 0.25) is 5.91 Å². The molecule has 6 nitrogen and oxygen atoms in total. The first-order chi connectivity index (χ1) is 7.13. The lowest BCUT2D eigenvalue weighted by Gasteiger charge is -2.06. The molecule has 1 heterocycles. The average molecular weight is 210 g/mol.